The number of esters is 1. The highest BCUT2D eigenvalue weighted by Crippen LogP contribution is 2.27. The molecule has 0 spiro atoms. The monoisotopic (exact) mass is 908 g/mol. The summed E-state index contributed by atoms with van der Waals surface area (Å²) in [6.07, 6.45) is 41.2. The van der Waals surface area contributed by atoms with Gasteiger partial charge in [-0.25, -0.2) is 0 Å². The third-order valence-electron chi connectivity index (χ3n) is 13.6. The van der Waals surface area contributed by atoms with Crippen LogP contribution in [0, 0.1) is 11.8 Å². The Balaban J connectivity index is 2.42. The van der Waals surface area contributed by atoms with Crippen LogP contribution in [0.15, 0.2) is 0 Å². The molecule has 1 N–H and O–H groups in total. The number of Topliss-reactive ketones (excluding diaryl/α,β-unsaturated/α-hetero) is 1. The van der Waals surface area contributed by atoms with Crippen molar-refractivity contribution in [3.05, 3.63) is 0 Å². The molecule has 0 bridgehead atoms. The first-order valence-electron chi connectivity index (χ1n) is 28.3. The second-order valence-electron chi connectivity index (χ2n) is 20.0. The van der Waals surface area contributed by atoms with Gasteiger partial charge in [0.2, 0.25) is 0 Å². The largest absolute Gasteiger partial charge is 0.460 e. The van der Waals surface area contributed by atoms with Gasteiger partial charge in [0.05, 0.1) is 25.9 Å². The average molecular weight is 908 g/mol. The van der Waals surface area contributed by atoms with E-state index in [2.05, 4.69) is 32.6 Å². The number of nitrogens with zero attached hydrogens (tertiary/aromatic N) is 1. The van der Waals surface area contributed by atoms with Gasteiger partial charge in [0.15, 0.2) is 0 Å². The van der Waals surface area contributed by atoms with Gasteiger partial charge in [-0.3, -0.25) is 9.59 Å². The topological polar surface area (TPSA) is 94.5 Å². The van der Waals surface area contributed by atoms with Gasteiger partial charge in [0, 0.05) is 51.5 Å². The molecule has 2 unspecified atom stereocenters. The van der Waals surface area contributed by atoms with Gasteiger partial charge in [-0.2, -0.15) is 0 Å². The van der Waals surface area contributed by atoms with Crippen LogP contribution in [-0.2, 0) is 28.5 Å². The normalized spacial score (nSPS) is 14.5. The van der Waals surface area contributed by atoms with E-state index in [1.165, 1.54) is 128 Å². The molecule has 64 heavy (non-hydrogen) atoms. The second kappa shape index (κ2) is 47.0. The predicted octanol–water partition coefficient (Wildman–Crippen LogP) is 14.9. The van der Waals surface area contributed by atoms with Crippen LogP contribution in [0.25, 0.3) is 0 Å². The minimum Gasteiger partial charge on any atom is -0.460 e. The fourth-order valence-corrected chi connectivity index (χ4v) is 9.32. The first-order valence-corrected chi connectivity index (χ1v) is 28.3. The molecule has 0 aromatic rings. The summed E-state index contributed by atoms with van der Waals surface area (Å²) in [4.78, 5) is 28.4. The smallest absolute Gasteiger partial charge is 0.306 e. The van der Waals surface area contributed by atoms with E-state index < -0.39 is 0 Å². The first-order chi connectivity index (χ1) is 31.4. The molecule has 0 aromatic heterocycles. The zero-order valence-corrected chi connectivity index (χ0v) is 43.2. The van der Waals surface area contributed by atoms with Gasteiger partial charge >= 0.3 is 5.97 Å². The molecule has 0 saturated heterocycles. The van der Waals surface area contributed by atoms with Gasteiger partial charge in [-0.15, -0.1) is 0 Å². The van der Waals surface area contributed by atoms with Crippen LogP contribution in [0.3, 0.4) is 0 Å². The molecule has 8 heteroatoms. The highest BCUT2D eigenvalue weighted by atomic mass is 16.6. The molecule has 8 nitrogen and oxygen atoms in total. The number of rotatable bonds is 50. The van der Waals surface area contributed by atoms with E-state index in [0.29, 0.717) is 50.8 Å². The molecule has 0 heterocycles. The molecular formula is C56H109NO7. The van der Waals surface area contributed by atoms with Crippen LogP contribution >= 0.6 is 0 Å². The van der Waals surface area contributed by atoms with Crippen LogP contribution in [0.2, 0.25) is 0 Å². The van der Waals surface area contributed by atoms with Gasteiger partial charge < -0.3 is 29.0 Å². The number of ether oxygens (including phenoxy) is 4. The molecule has 0 aliphatic heterocycles. The second-order valence-corrected chi connectivity index (χ2v) is 20.0. The van der Waals surface area contributed by atoms with Crippen molar-refractivity contribution in [2.45, 2.75) is 277 Å². The van der Waals surface area contributed by atoms with Crippen LogP contribution in [0.4, 0.5) is 0 Å². The summed E-state index contributed by atoms with van der Waals surface area (Å²) in [5, 5.41) is 11.2. The Bertz CT molecular complexity index is 894. The predicted molar refractivity (Wildman–Crippen MR) is 270 cm³/mol. The van der Waals surface area contributed by atoms with E-state index in [9.17, 15) is 14.7 Å². The van der Waals surface area contributed by atoms with E-state index in [-0.39, 0.29) is 24.1 Å². The summed E-state index contributed by atoms with van der Waals surface area (Å²) in [6, 6.07) is 0. The summed E-state index contributed by atoms with van der Waals surface area (Å²) < 4.78 is 24.0. The van der Waals surface area contributed by atoms with Crippen molar-refractivity contribution >= 4 is 11.8 Å². The lowest BCUT2D eigenvalue weighted by Crippen LogP contribution is -2.38. The summed E-state index contributed by atoms with van der Waals surface area (Å²) in [5.41, 5.74) is 0. The molecular weight excluding hydrogens is 799 g/mol. The van der Waals surface area contributed by atoms with Crippen LogP contribution in [-0.4, -0.2) is 93.2 Å². The minimum atomic E-state index is -0.226. The Labute approximate surface area is 397 Å². The molecule has 1 fully saturated rings. The van der Waals surface area contributed by atoms with E-state index in [4.69, 9.17) is 18.9 Å². The highest BCUT2D eigenvalue weighted by molar-refractivity contribution is 5.78. The maximum absolute atomic E-state index is 13.0. The maximum Gasteiger partial charge on any atom is 0.306 e. The van der Waals surface area contributed by atoms with Crippen LogP contribution in [0.1, 0.15) is 265 Å². The number of aliphatic hydroxyl groups excluding tert-OH is 1. The third kappa shape index (κ3) is 39.0. The Hall–Kier alpha value is -1.06. The Kier molecular flexibility index (Phi) is 44.8. The Morgan fingerprint density at radius 2 is 0.953 bits per heavy atom. The Morgan fingerprint density at radius 3 is 1.48 bits per heavy atom. The molecule has 1 saturated carbocycles. The minimum absolute atomic E-state index is 0.0588. The van der Waals surface area contributed by atoms with E-state index >= 15 is 0 Å². The number of hydrogen-bond donors (Lipinski definition) is 1. The van der Waals surface area contributed by atoms with E-state index in [1.54, 1.807) is 0 Å². The van der Waals surface area contributed by atoms with Crippen molar-refractivity contribution in [3.63, 3.8) is 0 Å². The van der Waals surface area contributed by atoms with Crippen molar-refractivity contribution in [3.8, 4) is 0 Å². The van der Waals surface area contributed by atoms with Gasteiger partial charge in [0.1, 0.15) is 11.9 Å². The highest BCUT2D eigenvalue weighted by Gasteiger charge is 2.24. The fraction of sp³-hybridized carbons (Fsp3) is 0.964. The quantitative estimate of drug-likeness (QED) is 0.0476. The van der Waals surface area contributed by atoms with E-state index in [1.807, 2.05) is 0 Å². The van der Waals surface area contributed by atoms with Crippen LogP contribution < -0.4 is 0 Å². The molecule has 1 aliphatic rings. The summed E-state index contributed by atoms with van der Waals surface area (Å²) in [7, 11) is 0. The molecule has 0 aromatic carbocycles. The number of hydrogen-bond acceptors (Lipinski definition) is 8. The van der Waals surface area contributed by atoms with Crippen molar-refractivity contribution in [1.29, 1.82) is 0 Å². The lowest BCUT2D eigenvalue weighted by Gasteiger charge is -2.31. The standard InChI is InChI=1S/C56H109NO7/c1-5-9-13-17-21-29-39-54(50-63-45-35-16-12-8-4)64-56(60)40-30-22-19-24-32-42-57(47-55(59)52-36-26-25-27-37-52)41-31-23-18-20-28-38-53(58)46-51(48-61-43-33-14-10-6-2)49-62-44-34-15-11-7-3/h51-52,54-55,59H,5-50H2,1-4H3. The number of ketones is 1. The fourth-order valence-electron chi connectivity index (χ4n) is 9.32. The van der Waals surface area contributed by atoms with Crippen LogP contribution in [0.5, 0.6) is 0 Å². The third-order valence-corrected chi connectivity index (χ3v) is 13.6. The molecule has 0 radical (unpaired) electrons. The number of aliphatic hydroxyl groups is 1. The molecule has 2 atom stereocenters. The van der Waals surface area contributed by atoms with Gasteiger partial charge in [-0.05, 0) is 89.6 Å². The number of carbonyl (C=O) groups is 2. The molecule has 0 amide bonds. The van der Waals surface area contributed by atoms with Gasteiger partial charge in [0.25, 0.3) is 0 Å². The van der Waals surface area contributed by atoms with Crippen molar-refractivity contribution in [2.24, 2.45) is 11.8 Å². The zero-order valence-electron chi connectivity index (χ0n) is 43.2. The van der Waals surface area contributed by atoms with Gasteiger partial charge in [-0.1, -0.05) is 175 Å². The summed E-state index contributed by atoms with van der Waals surface area (Å²) >= 11 is 0. The average Bonchev–Trinajstić information content (AvgIpc) is 3.30. The summed E-state index contributed by atoms with van der Waals surface area (Å²) in [5.74, 6) is 0.914. The lowest BCUT2D eigenvalue weighted by molar-refractivity contribution is -0.152. The zero-order chi connectivity index (χ0) is 46.4. The van der Waals surface area contributed by atoms with E-state index in [0.717, 1.165) is 129 Å². The van der Waals surface area contributed by atoms with Crippen molar-refractivity contribution in [1.82, 2.24) is 4.90 Å². The Morgan fingerprint density at radius 1 is 0.516 bits per heavy atom. The lowest BCUT2D eigenvalue weighted by atomic mass is 9.85. The number of carbonyl (C=O) groups excluding carboxylic acids is 2. The SMILES string of the molecule is CCCCCCCCC(COCCCCCC)OC(=O)CCCCCCCN(CCCCCCCC(=O)CC(COCCCCCC)COCCCCCC)CC(O)C1CCCCC1. The van der Waals surface area contributed by atoms with Crippen molar-refractivity contribution in [2.75, 3.05) is 59.3 Å². The van der Waals surface area contributed by atoms with Crippen molar-refractivity contribution < 1.29 is 33.6 Å². The summed E-state index contributed by atoms with van der Waals surface area (Å²) in [6.45, 7) is 15.9. The number of unbranched alkanes of at least 4 members (excludes halogenated alkanes) is 22. The molecule has 380 valence electrons. The first kappa shape index (κ1) is 61.0. The maximum atomic E-state index is 13.0. The molecule has 1 aliphatic carbocycles. The molecule has 1 rings (SSSR count).